The lowest BCUT2D eigenvalue weighted by Gasteiger charge is -2.38. The van der Waals surface area contributed by atoms with E-state index >= 15 is 0 Å². The molecule has 5 nitrogen and oxygen atoms in total. The Kier molecular flexibility index (Phi) is 11.4. The van der Waals surface area contributed by atoms with Gasteiger partial charge in [0.15, 0.2) is 11.2 Å². The van der Waals surface area contributed by atoms with E-state index in [0.717, 1.165) is 38.6 Å². The molecule has 0 amide bonds. The Labute approximate surface area is 175 Å². The van der Waals surface area contributed by atoms with Crippen molar-refractivity contribution in [1.82, 2.24) is 5.32 Å². The van der Waals surface area contributed by atoms with Crippen molar-refractivity contribution in [3.8, 4) is 11.8 Å². The van der Waals surface area contributed by atoms with Gasteiger partial charge >= 0.3 is 5.97 Å². The van der Waals surface area contributed by atoms with Gasteiger partial charge in [-0.2, -0.15) is 0 Å². The molecule has 2 rings (SSSR count). The number of benzene rings is 1. The average Bonchev–Trinajstić information content (AvgIpc) is 2.65. The molecule has 0 spiro atoms. The van der Waals surface area contributed by atoms with Crippen molar-refractivity contribution in [2.24, 2.45) is 5.92 Å². The number of ether oxygens (including phenoxy) is 1. The molecule has 1 fully saturated rings. The smallest absolute Gasteiger partial charge is 0.344 e. The van der Waals surface area contributed by atoms with Gasteiger partial charge < -0.3 is 20.6 Å². The average molecular weight is 412 g/mol. The van der Waals surface area contributed by atoms with E-state index in [9.17, 15) is 9.90 Å². The fourth-order valence-corrected chi connectivity index (χ4v) is 3.51. The third kappa shape index (κ3) is 6.79. The highest BCUT2D eigenvalue weighted by Gasteiger charge is 2.48. The van der Waals surface area contributed by atoms with E-state index in [1.54, 1.807) is 26.0 Å². The summed E-state index contributed by atoms with van der Waals surface area (Å²) < 4.78 is 5.70. The first kappa shape index (κ1) is 26.4. The van der Waals surface area contributed by atoms with E-state index < -0.39 is 17.2 Å². The Morgan fingerprint density at radius 2 is 1.82 bits per heavy atom. The molecule has 1 atom stereocenters. The summed E-state index contributed by atoms with van der Waals surface area (Å²) in [5.41, 5.74) is -1.97. The van der Waals surface area contributed by atoms with E-state index in [1.807, 2.05) is 25.1 Å². The van der Waals surface area contributed by atoms with E-state index in [-0.39, 0.29) is 23.8 Å². The van der Waals surface area contributed by atoms with Gasteiger partial charge in [0.1, 0.15) is 0 Å². The summed E-state index contributed by atoms with van der Waals surface area (Å²) in [5, 5.41) is 14.6. The molecule has 6 heteroatoms. The molecule has 0 aromatic heterocycles. The van der Waals surface area contributed by atoms with Crippen molar-refractivity contribution in [2.45, 2.75) is 64.1 Å². The third-order valence-corrected chi connectivity index (χ3v) is 4.92. The molecule has 1 aromatic rings. The number of aliphatic hydroxyl groups is 1. The van der Waals surface area contributed by atoms with Crippen LogP contribution in [0.1, 0.15) is 58.4 Å². The predicted molar refractivity (Wildman–Crippen MR) is 114 cm³/mol. The summed E-state index contributed by atoms with van der Waals surface area (Å²) in [6.45, 7) is 6.91. The van der Waals surface area contributed by atoms with Crippen molar-refractivity contribution >= 4 is 18.4 Å². The summed E-state index contributed by atoms with van der Waals surface area (Å²) in [6.07, 6.45) is 4.86. The second kappa shape index (κ2) is 12.1. The minimum atomic E-state index is -1.62. The molecule has 4 N–H and O–H groups in total. The fourth-order valence-electron chi connectivity index (χ4n) is 3.51. The van der Waals surface area contributed by atoms with Gasteiger partial charge in [-0.1, -0.05) is 68.4 Å². The monoisotopic (exact) mass is 411 g/mol. The topological polar surface area (TPSA) is 90.1 Å². The highest BCUT2D eigenvalue weighted by molar-refractivity contribution is 5.85. The molecular formula is C22H34ClNO4. The maximum Gasteiger partial charge on any atom is 0.344 e. The first-order valence-electron chi connectivity index (χ1n) is 9.62. The zero-order valence-electron chi connectivity index (χ0n) is 17.1. The second-order valence-electron chi connectivity index (χ2n) is 7.45. The number of rotatable bonds is 6. The molecule has 0 aliphatic heterocycles. The summed E-state index contributed by atoms with van der Waals surface area (Å²) in [6, 6.07) is 9.18. The Balaban J connectivity index is 0.00000364. The molecule has 1 unspecified atom stereocenters. The SMILES string of the molecule is CCNCC#CC(C)(C)OC(=O)C(O)(c1ccccc1)C1CCCCC1.Cl.O. The number of halogens is 1. The van der Waals surface area contributed by atoms with Crippen LogP contribution < -0.4 is 5.32 Å². The van der Waals surface area contributed by atoms with Crippen molar-refractivity contribution < 1.29 is 20.1 Å². The van der Waals surface area contributed by atoms with Gasteiger partial charge in [0.2, 0.25) is 0 Å². The fraction of sp³-hybridized carbons (Fsp3) is 0.591. The van der Waals surface area contributed by atoms with Crippen LogP contribution in [0.25, 0.3) is 0 Å². The molecule has 28 heavy (non-hydrogen) atoms. The quantitative estimate of drug-likeness (QED) is 0.427. The standard InChI is InChI=1S/C22H31NO3.ClH.H2O/c1-4-23-17-11-16-21(2,3)26-20(24)22(25,18-12-7-5-8-13-18)19-14-9-6-10-15-19;;/h5,7-8,12-13,19,23,25H,4,6,9-10,14-15,17H2,1-3H3;1H;1H2. The summed E-state index contributed by atoms with van der Waals surface area (Å²) in [7, 11) is 0. The molecule has 0 radical (unpaired) electrons. The molecular weight excluding hydrogens is 378 g/mol. The highest BCUT2D eigenvalue weighted by Crippen LogP contribution is 2.41. The van der Waals surface area contributed by atoms with Crippen LogP contribution in [0.15, 0.2) is 30.3 Å². The first-order valence-corrected chi connectivity index (χ1v) is 9.62. The zero-order valence-corrected chi connectivity index (χ0v) is 17.9. The molecule has 1 aliphatic carbocycles. The lowest BCUT2D eigenvalue weighted by Crippen LogP contribution is -2.47. The molecule has 158 valence electrons. The number of hydrogen-bond acceptors (Lipinski definition) is 4. The molecule has 1 aromatic carbocycles. The van der Waals surface area contributed by atoms with E-state index in [1.165, 1.54) is 0 Å². The van der Waals surface area contributed by atoms with Crippen molar-refractivity contribution in [2.75, 3.05) is 13.1 Å². The predicted octanol–water partition coefficient (Wildman–Crippen LogP) is 2.99. The summed E-state index contributed by atoms with van der Waals surface area (Å²) in [5.74, 6) is 5.24. The molecule has 1 saturated carbocycles. The van der Waals surface area contributed by atoms with Gasteiger partial charge in [-0.3, -0.25) is 0 Å². The largest absolute Gasteiger partial charge is 0.444 e. The Bertz CT molecular complexity index is 647. The van der Waals surface area contributed by atoms with Crippen LogP contribution >= 0.6 is 12.4 Å². The highest BCUT2D eigenvalue weighted by atomic mass is 35.5. The van der Waals surface area contributed by atoms with Gasteiger partial charge in [0.05, 0.1) is 6.54 Å². The van der Waals surface area contributed by atoms with E-state index in [0.29, 0.717) is 12.1 Å². The maximum atomic E-state index is 13.1. The lowest BCUT2D eigenvalue weighted by atomic mass is 9.73. The van der Waals surface area contributed by atoms with Crippen LogP contribution in [0.5, 0.6) is 0 Å². The van der Waals surface area contributed by atoms with Crippen molar-refractivity contribution in [1.29, 1.82) is 0 Å². The van der Waals surface area contributed by atoms with Crippen LogP contribution in [0.2, 0.25) is 0 Å². The minimum Gasteiger partial charge on any atom is -0.444 e. The van der Waals surface area contributed by atoms with Gasteiger partial charge in [0.25, 0.3) is 0 Å². The van der Waals surface area contributed by atoms with Gasteiger partial charge in [-0.25, -0.2) is 4.79 Å². The summed E-state index contributed by atoms with van der Waals surface area (Å²) >= 11 is 0. The number of carbonyl (C=O) groups is 1. The van der Waals surface area contributed by atoms with Gasteiger partial charge in [-0.15, -0.1) is 12.4 Å². The van der Waals surface area contributed by atoms with Crippen LogP contribution in [-0.4, -0.2) is 35.2 Å². The van der Waals surface area contributed by atoms with Crippen molar-refractivity contribution in [3.63, 3.8) is 0 Å². The third-order valence-electron chi connectivity index (χ3n) is 4.92. The lowest BCUT2D eigenvalue weighted by molar-refractivity contribution is -0.184. The Morgan fingerprint density at radius 1 is 1.21 bits per heavy atom. The van der Waals surface area contributed by atoms with E-state index in [2.05, 4.69) is 17.2 Å². The first-order chi connectivity index (χ1) is 12.4. The number of hydrogen-bond donors (Lipinski definition) is 2. The van der Waals surface area contributed by atoms with Crippen LogP contribution in [0.3, 0.4) is 0 Å². The van der Waals surface area contributed by atoms with Crippen molar-refractivity contribution in [3.05, 3.63) is 35.9 Å². The molecule has 0 heterocycles. The number of nitrogens with one attached hydrogen (secondary N) is 1. The Morgan fingerprint density at radius 3 is 2.39 bits per heavy atom. The van der Waals surface area contributed by atoms with Crippen LogP contribution in [0.4, 0.5) is 0 Å². The molecule has 0 bridgehead atoms. The zero-order chi connectivity index (χ0) is 19.0. The Hall–Kier alpha value is -1.58. The van der Waals surface area contributed by atoms with Gasteiger partial charge in [-0.05, 0) is 38.8 Å². The van der Waals surface area contributed by atoms with Gasteiger partial charge in [0, 0.05) is 5.92 Å². The minimum absolute atomic E-state index is 0. The summed E-state index contributed by atoms with van der Waals surface area (Å²) in [4.78, 5) is 13.1. The number of esters is 1. The van der Waals surface area contributed by atoms with E-state index in [4.69, 9.17) is 4.74 Å². The normalized spacial score (nSPS) is 16.4. The maximum absolute atomic E-state index is 13.1. The van der Waals surface area contributed by atoms with Crippen LogP contribution in [-0.2, 0) is 15.1 Å². The van der Waals surface area contributed by atoms with Crippen LogP contribution in [0, 0.1) is 17.8 Å². The molecule has 0 saturated heterocycles. The molecule has 1 aliphatic rings. The number of carbonyl (C=O) groups excluding carboxylic acids is 1. The second-order valence-corrected chi connectivity index (χ2v) is 7.45.